The smallest absolute Gasteiger partial charge is 0.266 e. The van der Waals surface area contributed by atoms with E-state index in [0.29, 0.717) is 0 Å². The molecule has 0 saturated heterocycles. The Morgan fingerprint density at radius 2 is 1.38 bits per heavy atom. The van der Waals surface area contributed by atoms with Gasteiger partial charge in [0, 0.05) is 10.8 Å². The fraction of sp³-hybridized carbons (Fsp3) is 0. The number of carbonyl (C=O) groups is 2. The van der Waals surface area contributed by atoms with Crippen LogP contribution in [0.2, 0.25) is 0 Å². The molecule has 2 rings (SSSR count). The molecule has 10 heteroatoms. The van der Waals surface area contributed by atoms with Gasteiger partial charge >= 0.3 is 0 Å². The van der Waals surface area contributed by atoms with Crippen molar-refractivity contribution in [2.45, 2.75) is 0 Å². The first-order valence-corrected chi connectivity index (χ1v) is 5.59. The van der Waals surface area contributed by atoms with Gasteiger partial charge in [0.15, 0.2) is 11.4 Å². The summed E-state index contributed by atoms with van der Waals surface area (Å²) in [6, 6.07) is 0. The van der Waals surface area contributed by atoms with E-state index >= 15 is 0 Å². The lowest BCUT2D eigenvalue weighted by Gasteiger charge is -2.02. The number of hydrogen-bond acceptors (Lipinski definition) is 8. The number of nitrogens with one attached hydrogen (secondary N) is 2. The molecule has 2 heterocycles. The second kappa shape index (κ2) is 4.72. The highest BCUT2D eigenvalue weighted by Crippen LogP contribution is 1.97. The van der Waals surface area contributed by atoms with Crippen LogP contribution >= 0.6 is 23.1 Å². The Bertz CT molecular complexity index is 435. The van der Waals surface area contributed by atoms with Gasteiger partial charge < -0.3 is 0 Å². The fourth-order valence-electron chi connectivity index (χ4n) is 0.769. The number of amides is 2. The molecule has 0 bridgehead atoms. The normalized spacial score (nSPS) is 9.75. The van der Waals surface area contributed by atoms with Crippen LogP contribution in [0.25, 0.3) is 0 Å². The van der Waals surface area contributed by atoms with E-state index in [-0.39, 0.29) is 11.4 Å². The molecule has 0 radical (unpaired) electrons. The molecule has 8 nitrogen and oxygen atoms in total. The molecule has 0 atom stereocenters. The number of carbonyl (C=O) groups excluding carboxylic acids is 2. The largest absolute Gasteiger partial charge is 0.291 e. The van der Waals surface area contributed by atoms with Crippen molar-refractivity contribution in [1.29, 1.82) is 0 Å². The highest BCUT2D eigenvalue weighted by molar-refractivity contribution is 7.03. The van der Waals surface area contributed by atoms with E-state index in [0.717, 1.165) is 23.1 Å². The predicted molar refractivity (Wildman–Crippen MR) is 54.8 cm³/mol. The van der Waals surface area contributed by atoms with Crippen LogP contribution in [-0.2, 0) is 0 Å². The van der Waals surface area contributed by atoms with E-state index in [2.05, 4.69) is 30.0 Å². The number of hydrazine groups is 1. The highest BCUT2D eigenvalue weighted by Gasteiger charge is 2.12. The zero-order valence-corrected chi connectivity index (χ0v) is 9.21. The topological polar surface area (TPSA) is 110 Å². The van der Waals surface area contributed by atoms with Crippen molar-refractivity contribution in [3.63, 3.8) is 0 Å². The molecule has 0 spiro atoms. The van der Waals surface area contributed by atoms with Crippen LogP contribution in [0.4, 0.5) is 0 Å². The summed E-state index contributed by atoms with van der Waals surface area (Å²) < 4.78 is 7.04. The third kappa shape index (κ3) is 2.35. The lowest BCUT2D eigenvalue weighted by atomic mass is 10.5. The van der Waals surface area contributed by atoms with Crippen LogP contribution in [0, 0.1) is 0 Å². The molecule has 82 valence electrons. The molecule has 2 N–H and O–H groups in total. The second-order valence-electron chi connectivity index (χ2n) is 2.49. The summed E-state index contributed by atoms with van der Waals surface area (Å²) in [5.41, 5.74) is 4.63. The van der Waals surface area contributed by atoms with Gasteiger partial charge in [-0.2, -0.15) is 0 Å². The first-order valence-electron chi connectivity index (χ1n) is 3.92. The summed E-state index contributed by atoms with van der Waals surface area (Å²) >= 11 is 2.09. The lowest BCUT2D eigenvalue weighted by Crippen LogP contribution is -2.41. The Morgan fingerprint density at radius 3 is 1.69 bits per heavy atom. The molecular formula is C6H4N6O2S2. The molecule has 2 aromatic rings. The van der Waals surface area contributed by atoms with Crippen molar-refractivity contribution >= 4 is 34.9 Å². The van der Waals surface area contributed by atoms with Crippen LogP contribution in [0.15, 0.2) is 10.8 Å². The molecule has 0 aliphatic carbocycles. The number of aromatic nitrogens is 4. The van der Waals surface area contributed by atoms with Crippen LogP contribution in [0.3, 0.4) is 0 Å². The van der Waals surface area contributed by atoms with Crippen molar-refractivity contribution < 1.29 is 9.59 Å². The Hall–Kier alpha value is -1.94. The average Bonchev–Trinajstić information content (AvgIpc) is 2.95. The number of hydrogen-bond donors (Lipinski definition) is 2. The molecule has 0 aromatic carbocycles. The Labute approximate surface area is 97.0 Å². The molecule has 16 heavy (non-hydrogen) atoms. The number of nitrogens with zero attached hydrogens (tertiary/aromatic N) is 4. The fourth-order valence-corrected chi connectivity index (χ4v) is 1.64. The summed E-state index contributed by atoms with van der Waals surface area (Å²) in [6.45, 7) is 0. The molecule has 0 saturated carbocycles. The van der Waals surface area contributed by atoms with Gasteiger partial charge in [0.2, 0.25) is 0 Å². The molecule has 0 fully saturated rings. The van der Waals surface area contributed by atoms with E-state index < -0.39 is 11.8 Å². The average molecular weight is 256 g/mol. The first kappa shape index (κ1) is 10.6. The Kier molecular flexibility index (Phi) is 3.12. The maximum atomic E-state index is 11.3. The third-order valence-corrected chi connectivity index (χ3v) is 2.48. The van der Waals surface area contributed by atoms with Gasteiger partial charge in [-0.1, -0.05) is 8.98 Å². The minimum absolute atomic E-state index is 0.140. The van der Waals surface area contributed by atoms with E-state index in [1.807, 2.05) is 0 Å². The summed E-state index contributed by atoms with van der Waals surface area (Å²) in [5, 5.41) is 10.0. The van der Waals surface area contributed by atoms with Crippen LogP contribution in [-0.4, -0.2) is 31.0 Å². The van der Waals surface area contributed by atoms with E-state index in [9.17, 15) is 9.59 Å². The molecule has 2 amide bonds. The summed E-state index contributed by atoms with van der Waals surface area (Å²) in [4.78, 5) is 22.6. The minimum atomic E-state index is -0.537. The van der Waals surface area contributed by atoms with Gasteiger partial charge in [-0.15, -0.1) is 10.2 Å². The minimum Gasteiger partial charge on any atom is -0.266 e. The lowest BCUT2D eigenvalue weighted by molar-refractivity contribution is 0.0841. The molecule has 0 aliphatic heterocycles. The first-order chi connectivity index (χ1) is 7.77. The molecule has 0 aliphatic rings. The van der Waals surface area contributed by atoms with Gasteiger partial charge in [-0.25, -0.2) is 0 Å². The second-order valence-corrected chi connectivity index (χ2v) is 3.71. The van der Waals surface area contributed by atoms with E-state index in [1.165, 1.54) is 10.8 Å². The summed E-state index contributed by atoms with van der Waals surface area (Å²) in [6.07, 6.45) is 0. The Balaban J connectivity index is 1.89. The predicted octanol–water partition coefficient (Wildman–Crippen LogP) is -0.536. The molecule has 0 unspecified atom stereocenters. The Morgan fingerprint density at radius 1 is 0.938 bits per heavy atom. The van der Waals surface area contributed by atoms with Crippen molar-refractivity contribution in [3.05, 3.63) is 22.1 Å². The highest BCUT2D eigenvalue weighted by atomic mass is 32.1. The van der Waals surface area contributed by atoms with Gasteiger partial charge in [0.1, 0.15) is 0 Å². The summed E-state index contributed by atoms with van der Waals surface area (Å²) in [7, 11) is 0. The zero-order valence-electron chi connectivity index (χ0n) is 7.58. The standard InChI is InChI=1S/C6H4N6O2S2/c13-5(3-1-15-11-7-3)9-10-6(14)4-2-16-12-8-4/h1-2H,(H,9,13)(H,10,14). The van der Waals surface area contributed by atoms with Gasteiger partial charge in [0.25, 0.3) is 11.8 Å². The summed E-state index contributed by atoms with van der Waals surface area (Å²) in [5.74, 6) is -1.07. The zero-order chi connectivity index (χ0) is 11.4. The monoisotopic (exact) mass is 256 g/mol. The van der Waals surface area contributed by atoms with Crippen molar-refractivity contribution in [1.82, 2.24) is 30.0 Å². The van der Waals surface area contributed by atoms with Crippen molar-refractivity contribution in [3.8, 4) is 0 Å². The van der Waals surface area contributed by atoms with Crippen molar-refractivity contribution in [2.75, 3.05) is 0 Å². The third-order valence-electron chi connectivity index (χ3n) is 1.47. The SMILES string of the molecule is O=C(NNC(=O)c1csnn1)c1csnn1. The van der Waals surface area contributed by atoms with Gasteiger partial charge in [-0.3, -0.25) is 20.4 Å². The van der Waals surface area contributed by atoms with Crippen LogP contribution in [0.5, 0.6) is 0 Å². The number of rotatable bonds is 2. The van der Waals surface area contributed by atoms with Crippen LogP contribution < -0.4 is 10.9 Å². The maximum Gasteiger partial charge on any atom is 0.291 e. The van der Waals surface area contributed by atoms with E-state index in [4.69, 9.17) is 0 Å². The van der Waals surface area contributed by atoms with Gasteiger partial charge in [-0.05, 0) is 23.1 Å². The maximum absolute atomic E-state index is 11.3. The van der Waals surface area contributed by atoms with Gasteiger partial charge in [0.05, 0.1) is 0 Å². The van der Waals surface area contributed by atoms with Crippen molar-refractivity contribution in [2.24, 2.45) is 0 Å². The van der Waals surface area contributed by atoms with E-state index in [1.54, 1.807) is 0 Å². The quantitative estimate of drug-likeness (QED) is 0.698. The molecule has 2 aromatic heterocycles. The molecular weight excluding hydrogens is 252 g/mol. The van der Waals surface area contributed by atoms with Crippen LogP contribution in [0.1, 0.15) is 21.0 Å².